The Bertz CT molecular complexity index is 1970. The van der Waals surface area contributed by atoms with Crippen molar-refractivity contribution in [2.24, 2.45) is 0 Å². The summed E-state index contributed by atoms with van der Waals surface area (Å²) in [5, 5.41) is 32.0. The van der Waals surface area contributed by atoms with E-state index in [0.29, 0.717) is 22.5 Å². The first kappa shape index (κ1) is 30.0. The predicted molar refractivity (Wildman–Crippen MR) is 168 cm³/mol. The monoisotopic (exact) mass is 610 g/mol. The molecule has 4 aromatic rings. The van der Waals surface area contributed by atoms with Crippen molar-refractivity contribution in [2.75, 3.05) is 5.73 Å². The van der Waals surface area contributed by atoms with Crippen molar-refractivity contribution in [2.45, 2.75) is 64.3 Å². The normalized spacial score (nSPS) is 20.3. The van der Waals surface area contributed by atoms with E-state index in [-0.39, 0.29) is 46.0 Å². The van der Waals surface area contributed by atoms with Gasteiger partial charge in [-0.15, -0.1) is 0 Å². The Hall–Kier alpha value is -5.09. The molecule has 5 N–H and O–H groups in total. The third-order valence-electron chi connectivity index (χ3n) is 8.76. The molecule has 10 nitrogen and oxygen atoms in total. The summed E-state index contributed by atoms with van der Waals surface area (Å²) in [4.78, 5) is 30.7. The van der Waals surface area contributed by atoms with Crippen LogP contribution < -0.4 is 15.9 Å². The van der Waals surface area contributed by atoms with Crippen LogP contribution in [0.25, 0.3) is 17.0 Å². The molecule has 0 bridgehead atoms. The number of allylic oxidation sites excluding steroid dienone is 2. The number of fused-ring (bicyclic) bond motifs is 3. The van der Waals surface area contributed by atoms with Gasteiger partial charge in [0.25, 0.3) is 0 Å². The highest BCUT2D eigenvalue weighted by Crippen LogP contribution is 2.55. The van der Waals surface area contributed by atoms with Gasteiger partial charge in [-0.3, -0.25) is 4.79 Å². The van der Waals surface area contributed by atoms with Crippen LogP contribution in [0, 0.1) is 0 Å². The first-order valence-corrected chi connectivity index (χ1v) is 14.6. The number of pyridine rings is 1. The number of aliphatic hydroxyl groups excluding tert-OH is 1. The van der Waals surface area contributed by atoms with Gasteiger partial charge >= 0.3 is 5.97 Å². The Morgan fingerprint density at radius 2 is 2.00 bits per heavy atom. The highest BCUT2D eigenvalue weighted by molar-refractivity contribution is 5.92. The standard InChI is InChI=1S/C35H34N2O8/c1-5-17(2)34(42)44-26-15-24-30(41)28-25(40)14-20(16-38)43-32(28)29(31(24)45-35(26,3)4)27-21(18-7-6-8-19(39)13-18)9-10-23-22(27)11-12-37-33(23)36/h5-14,21,26-27,38-39,41H,15-16H2,1-4H3,(H2,36,37). The number of aromatic nitrogens is 1. The summed E-state index contributed by atoms with van der Waals surface area (Å²) in [5.41, 5.74) is 8.08. The van der Waals surface area contributed by atoms with E-state index in [1.54, 1.807) is 58.2 Å². The van der Waals surface area contributed by atoms with Crippen LogP contribution in [0.3, 0.4) is 0 Å². The summed E-state index contributed by atoms with van der Waals surface area (Å²) in [5.74, 6) is -1.27. The summed E-state index contributed by atoms with van der Waals surface area (Å²) in [6.07, 6.45) is 6.29. The molecule has 6 rings (SSSR count). The van der Waals surface area contributed by atoms with Crippen molar-refractivity contribution in [3.63, 3.8) is 0 Å². The maximum absolute atomic E-state index is 13.6. The molecule has 1 aliphatic heterocycles. The van der Waals surface area contributed by atoms with Crippen LogP contribution in [0.15, 0.2) is 69.5 Å². The number of phenols is 2. The number of carbonyl (C=O) groups is 1. The van der Waals surface area contributed by atoms with E-state index in [2.05, 4.69) is 4.98 Å². The number of aromatic hydroxyl groups is 2. The first-order valence-electron chi connectivity index (χ1n) is 14.6. The number of rotatable bonds is 5. The Kier molecular flexibility index (Phi) is 7.40. The summed E-state index contributed by atoms with van der Waals surface area (Å²) in [6, 6.07) is 9.83. The second-order valence-corrected chi connectivity index (χ2v) is 11.9. The topological polar surface area (TPSA) is 165 Å². The zero-order valence-electron chi connectivity index (χ0n) is 25.3. The number of ether oxygens (including phenoxy) is 2. The Morgan fingerprint density at radius 1 is 1.22 bits per heavy atom. The van der Waals surface area contributed by atoms with Crippen molar-refractivity contribution in [3.05, 3.63) is 104 Å². The number of esters is 1. The van der Waals surface area contributed by atoms with E-state index >= 15 is 0 Å². The lowest BCUT2D eigenvalue weighted by Gasteiger charge is -2.42. The van der Waals surface area contributed by atoms with Gasteiger partial charge in [0.2, 0.25) is 0 Å². The van der Waals surface area contributed by atoms with Gasteiger partial charge < -0.3 is 34.9 Å². The second-order valence-electron chi connectivity index (χ2n) is 11.9. The number of nitrogens with two attached hydrogens (primary N) is 1. The molecule has 2 aromatic heterocycles. The molecule has 0 radical (unpaired) electrons. The van der Waals surface area contributed by atoms with Gasteiger partial charge in [-0.25, -0.2) is 9.78 Å². The number of nitrogen functional groups attached to an aromatic ring is 1. The number of phenolic OH excluding ortho intramolecular Hbond substituents is 2. The molecule has 2 aliphatic rings. The van der Waals surface area contributed by atoms with Crippen LogP contribution in [-0.2, 0) is 22.6 Å². The molecular weight excluding hydrogens is 576 g/mol. The third-order valence-corrected chi connectivity index (χ3v) is 8.76. The van der Waals surface area contributed by atoms with Gasteiger partial charge in [-0.2, -0.15) is 0 Å². The lowest BCUT2D eigenvalue weighted by molar-refractivity contribution is -0.156. The molecule has 232 valence electrons. The number of nitrogens with zero attached hydrogens (tertiary/aromatic N) is 1. The van der Waals surface area contributed by atoms with Crippen LogP contribution in [0.4, 0.5) is 5.82 Å². The number of carbonyl (C=O) groups excluding carboxylic acids is 1. The molecular formula is C35H34N2O8. The van der Waals surface area contributed by atoms with Gasteiger partial charge in [-0.1, -0.05) is 30.4 Å². The van der Waals surface area contributed by atoms with Gasteiger partial charge in [0.1, 0.15) is 58.1 Å². The van der Waals surface area contributed by atoms with Gasteiger partial charge in [-0.05, 0) is 57.0 Å². The van der Waals surface area contributed by atoms with Crippen LogP contribution in [0.5, 0.6) is 17.2 Å². The Balaban J connectivity index is 1.69. The molecule has 0 amide bonds. The van der Waals surface area contributed by atoms with E-state index < -0.39 is 41.5 Å². The quantitative estimate of drug-likeness (QED) is 0.174. The molecule has 0 spiro atoms. The van der Waals surface area contributed by atoms with E-state index in [4.69, 9.17) is 19.6 Å². The lowest BCUT2D eigenvalue weighted by Crippen LogP contribution is -2.49. The van der Waals surface area contributed by atoms with E-state index in [1.165, 1.54) is 0 Å². The average molecular weight is 611 g/mol. The van der Waals surface area contributed by atoms with Crippen LogP contribution in [0.1, 0.15) is 73.1 Å². The molecule has 45 heavy (non-hydrogen) atoms. The highest BCUT2D eigenvalue weighted by atomic mass is 16.6. The summed E-state index contributed by atoms with van der Waals surface area (Å²) in [6.45, 7) is 6.41. The van der Waals surface area contributed by atoms with Gasteiger partial charge in [0.05, 0.1) is 0 Å². The number of hydrogen-bond donors (Lipinski definition) is 4. The van der Waals surface area contributed by atoms with Gasteiger partial charge in [0.15, 0.2) is 5.43 Å². The van der Waals surface area contributed by atoms with Gasteiger partial charge in [0, 0.05) is 52.8 Å². The number of hydrogen-bond acceptors (Lipinski definition) is 10. The maximum Gasteiger partial charge on any atom is 0.333 e. The Labute approximate surface area is 259 Å². The molecule has 2 aromatic carbocycles. The highest BCUT2D eigenvalue weighted by Gasteiger charge is 2.46. The molecule has 1 aliphatic carbocycles. The number of benzene rings is 2. The minimum atomic E-state index is -1.08. The first-order chi connectivity index (χ1) is 21.4. The second kappa shape index (κ2) is 11.1. The van der Waals surface area contributed by atoms with Crippen LogP contribution in [0.2, 0.25) is 0 Å². The maximum atomic E-state index is 13.6. The van der Waals surface area contributed by atoms with Crippen molar-refractivity contribution in [1.82, 2.24) is 4.98 Å². The summed E-state index contributed by atoms with van der Waals surface area (Å²) >= 11 is 0. The fourth-order valence-electron chi connectivity index (χ4n) is 6.26. The SMILES string of the molecule is CC=C(C)C(=O)OC1Cc2c(c(C3c4ccnc(N)c4C=CC3c3cccc(O)c3)c3oc(CO)cc(=O)c3c2O)OC1(C)C. The summed E-state index contributed by atoms with van der Waals surface area (Å²) < 4.78 is 18.7. The van der Waals surface area contributed by atoms with Crippen molar-refractivity contribution in [3.8, 4) is 17.2 Å². The minimum absolute atomic E-state index is 0.00604. The van der Waals surface area contributed by atoms with Crippen molar-refractivity contribution >= 4 is 28.8 Å². The lowest BCUT2D eigenvalue weighted by atomic mass is 9.71. The molecule has 0 saturated heterocycles. The Morgan fingerprint density at radius 3 is 2.71 bits per heavy atom. The number of aliphatic hydroxyl groups is 1. The zero-order valence-corrected chi connectivity index (χ0v) is 25.3. The zero-order chi connectivity index (χ0) is 32.2. The van der Waals surface area contributed by atoms with E-state index in [0.717, 1.165) is 17.2 Å². The molecule has 0 fully saturated rings. The van der Waals surface area contributed by atoms with E-state index in [1.807, 2.05) is 24.3 Å². The number of anilines is 1. The molecule has 0 saturated carbocycles. The van der Waals surface area contributed by atoms with Crippen molar-refractivity contribution < 1.29 is 34.0 Å². The third kappa shape index (κ3) is 5.01. The van der Waals surface area contributed by atoms with Crippen LogP contribution in [-0.4, -0.2) is 38.0 Å². The largest absolute Gasteiger partial charge is 0.508 e. The predicted octanol–water partition coefficient (Wildman–Crippen LogP) is 5.21. The molecule has 3 heterocycles. The molecule has 3 atom stereocenters. The van der Waals surface area contributed by atoms with E-state index in [9.17, 15) is 24.9 Å². The average Bonchev–Trinajstić information content (AvgIpc) is 3.01. The van der Waals surface area contributed by atoms with Crippen LogP contribution >= 0.6 is 0 Å². The van der Waals surface area contributed by atoms with Crippen molar-refractivity contribution in [1.29, 1.82) is 0 Å². The summed E-state index contributed by atoms with van der Waals surface area (Å²) in [7, 11) is 0. The molecule has 3 unspecified atom stereocenters. The fourth-order valence-corrected chi connectivity index (χ4v) is 6.26. The minimum Gasteiger partial charge on any atom is -0.508 e. The smallest absolute Gasteiger partial charge is 0.333 e. The molecule has 10 heteroatoms. The fraction of sp³-hybridized carbons (Fsp3) is 0.286.